The number of aryl methyl sites for hydroxylation is 1. The smallest absolute Gasteiger partial charge is 0.289 e. The molecule has 0 unspecified atom stereocenters. The van der Waals surface area contributed by atoms with E-state index < -0.39 is 0 Å². The lowest BCUT2D eigenvalue weighted by atomic mass is 10.4. The van der Waals surface area contributed by atoms with E-state index in [0.29, 0.717) is 5.69 Å². The first kappa shape index (κ1) is 10.2. The number of H-pyrrole nitrogens is 1. The van der Waals surface area contributed by atoms with Crippen LogP contribution in [0.3, 0.4) is 0 Å². The van der Waals surface area contributed by atoms with Gasteiger partial charge in [0, 0.05) is 19.4 Å². The summed E-state index contributed by atoms with van der Waals surface area (Å²) < 4.78 is 1.89. The molecular formula is C10H11N5O. The number of rotatable bonds is 3. The largest absolute Gasteiger partial charge is 0.350 e. The predicted octanol–water partition coefficient (Wildman–Crippen LogP) is 0.512. The third-order valence-electron chi connectivity index (χ3n) is 2.09. The Morgan fingerprint density at radius 2 is 2.50 bits per heavy atom. The Morgan fingerprint density at radius 1 is 1.62 bits per heavy atom. The molecule has 16 heavy (non-hydrogen) atoms. The maximum Gasteiger partial charge on any atom is 0.289 e. The second-order valence-corrected chi connectivity index (χ2v) is 3.21. The van der Waals surface area contributed by atoms with Gasteiger partial charge in [0.1, 0.15) is 5.69 Å². The van der Waals surface area contributed by atoms with Crippen LogP contribution in [0.2, 0.25) is 0 Å². The maximum absolute atomic E-state index is 11.4. The molecule has 0 fully saturated rings. The van der Waals surface area contributed by atoms with Gasteiger partial charge >= 0.3 is 0 Å². The Labute approximate surface area is 92.0 Å². The highest BCUT2D eigenvalue weighted by Gasteiger charge is 2.03. The van der Waals surface area contributed by atoms with E-state index in [0.717, 1.165) is 5.69 Å². The molecule has 2 N–H and O–H groups in total. The number of carbonyl (C=O) groups excluding carboxylic acids is 1. The highest BCUT2D eigenvalue weighted by atomic mass is 16.2. The van der Waals surface area contributed by atoms with Gasteiger partial charge in [0.2, 0.25) is 0 Å². The van der Waals surface area contributed by atoms with E-state index in [4.69, 9.17) is 0 Å². The SMILES string of the molecule is Cn1cccc1/C=N\NC(=O)c1ccn[nH]1. The van der Waals surface area contributed by atoms with Gasteiger partial charge in [-0.25, -0.2) is 5.43 Å². The quantitative estimate of drug-likeness (QED) is 0.580. The Kier molecular flexibility index (Phi) is 2.81. The summed E-state index contributed by atoms with van der Waals surface area (Å²) in [5.74, 6) is -0.317. The first-order valence-corrected chi connectivity index (χ1v) is 4.71. The van der Waals surface area contributed by atoms with Crippen LogP contribution in [0, 0.1) is 0 Å². The Morgan fingerprint density at radius 3 is 3.12 bits per heavy atom. The van der Waals surface area contributed by atoms with Crippen LogP contribution in [0.1, 0.15) is 16.2 Å². The van der Waals surface area contributed by atoms with Crippen LogP contribution in [-0.4, -0.2) is 26.9 Å². The molecule has 0 aliphatic heterocycles. The summed E-state index contributed by atoms with van der Waals surface area (Å²) in [6, 6.07) is 5.37. The van der Waals surface area contributed by atoms with Crippen LogP contribution < -0.4 is 5.43 Å². The summed E-state index contributed by atoms with van der Waals surface area (Å²) in [6.45, 7) is 0. The highest BCUT2D eigenvalue weighted by molar-refractivity contribution is 5.92. The molecule has 6 heteroatoms. The number of hydrazone groups is 1. The number of carbonyl (C=O) groups is 1. The molecule has 6 nitrogen and oxygen atoms in total. The Bertz CT molecular complexity index is 497. The first-order chi connectivity index (χ1) is 7.77. The maximum atomic E-state index is 11.4. The van der Waals surface area contributed by atoms with Gasteiger partial charge in [-0.3, -0.25) is 9.89 Å². The predicted molar refractivity (Wildman–Crippen MR) is 59.1 cm³/mol. The van der Waals surface area contributed by atoms with Crippen molar-refractivity contribution >= 4 is 12.1 Å². The fourth-order valence-corrected chi connectivity index (χ4v) is 1.21. The molecule has 0 aliphatic carbocycles. The lowest BCUT2D eigenvalue weighted by Crippen LogP contribution is -2.18. The third kappa shape index (κ3) is 2.17. The van der Waals surface area contributed by atoms with E-state index in [1.165, 1.54) is 6.20 Å². The molecule has 2 rings (SSSR count). The third-order valence-corrected chi connectivity index (χ3v) is 2.09. The van der Waals surface area contributed by atoms with Crippen LogP contribution in [0.5, 0.6) is 0 Å². The second-order valence-electron chi connectivity index (χ2n) is 3.21. The van der Waals surface area contributed by atoms with Crippen molar-refractivity contribution in [2.75, 3.05) is 0 Å². The van der Waals surface area contributed by atoms with Crippen molar-refractivity contribution in [1.82, 2.24) is 20.2 Å². The topological polar surface area (TPSA) is 75.1 Å². The van der Waals surface area contributed by atoms with Crippen molar-refractivity contribution in [2.24, 2.45) is 12.1 Å². The van der Waals surface area contributed by atoms with Crippen LogP contribution >= 0.6 is 0 Å². The van der Waals surface area contributed by atoms with Gasteiger partial charge in [-0.1, -0.05) is 0 Å². The number of aromatic nitrogens is 3. The molecular weight excluding hydrogens is 206 g/mol. The van der Waals surface area contributed by atoms with Crippen molar-refractivity contribution in [3.63, 3.8) is 0 Å². The van der Waals surface area contributed by atoms with Crippen molar-refractivity contribution in [3.05, 3.63) is 42.0 Å². The average molecular weight is 217 g/mol. The van der Waals surface area contributed by atoms with E-state index in [9.17, 15) is 4.79 Å². The molecule has 0 bridgehead atoms. The summed E-state index contributed by atoms with van der Waals surface area (Å²) in [7, 11) is 1.90. The van der Waals surface area contributed by atoms with E-state index in [1.807, 2.05) is 29.9 Å². The monoisotopic (exact) mass is 217 g/mol. The van der Waals surface area contributed by atoms with E-state index in [-0.39, 0.29) is 5.91 Å². The van der Waals surface area contributed by atoms with Gasteiger partial charge in [0.25, 0.3) is 5.91 Å². The van der Waals surface area contributed by atoms with Gasteiger partial charge in [-0.15, -0.1) is 0 Å². The van der Waals surface area contributed by atoms with Crippen molar-refractivity contribution in [3.8, 4) is 0 Å². The highest BCUT2D eigenvalue weighted by Crippen LogP contribution is 1.95. The molecule has 2 heterocycles. The van der Waals surface area contributed by atoms with E-state index in [2.05, 4.69) is 20.7 Å². The average Bonchev–Trinajstić information content (AvgIpc) is 2.90. The van der Waals surface area contributed by atoms with Crippen LogP contribution in [-0.2, 0) is 7.05 Å². The number of nitrogens with one attached hydrogen (secondary N) is 2. The summed E-state index contributed by atoms with van der Waals surface area (Å²) >= 11 is 0. The number of hydrogen-bond acceptors (Lipinski definition) is 3. The molecule has 0 saturated heterocycles. The molecule has 0 spiro atoms. The zero-order valence-corrected chi connectivity index (χ0v) is 8.71. The Balaban J connectivity index is 1.96. The zero-order valence-electron chi connectivity index (χ0n) is 8.71. The number of nitrogens with zero attached hydrogens (tertiary/aromatic N) is 3. The molecule has 0 atom stereocenters. The number of amides is 1. The molecule has 82 valence electrons. The van der Waals surface area contributed by atoms with Crippen LogP contribution in [0.15, 0.2) is 35.7 Å². The minimum atomic E-state index is -0.317. The summed E-state index contributed by atoms with van der Waals surface area (Å²) in [5, 5.41) is 10.1. The molecule has 0 saturated carbocycles. The number of hydrogen-bond donors (Lipinski definition) is 2. The Hall–Kier alpha value is -2.37. The van der Waals surface area contributed by atoms with Gasteiger partial charge in [-0.2, -0.15) is 10.2 Å². The van der Waals surface area contributed by atoms with Crippen molar-refractivity contribution in [1.29, 1.82) is 0 Å². The minimum Gasteiger partial charge on any atom is -0.350 e. The molecule has 2 aromatic heterocycles. The minimum absolute atomic E-state index is 0.317. The van der Waals surface area contributed by atoms with Crippen molar-refractivity contribution in [2.45, 2.75) is 0 Å². The van der Waals surface area contributed by atoms with Gasteiger partial charge < -0.3 is 4.57 Å². The van der Waals surface area contributed by atoms with Crippen molar-refractivity contribution < 1.29 is 4.79 Å². The van der Waals surface area contributed by atoms with Crippen LogP contribution in [0.25, 0.3) is 0 Å². The molecule has 0 aliphatic rings. The second kappa shape index (κ2) is 4.43. The summed E-state index contributed by atoms with van der Waals surface area (Å²) in [4.78, 5) is 11.4. The zero-order chi connectivity index (χ0) is 11.4. The molecule has 1 amide bonds. The first-order valence-electron chi connectivity index (χ1n) is 4.71. The lowest BCUT2D eigenvalue weighted by Gasteiger charge is -1.96. The summed E-state index contributed by atoms with van der Waals surface area (Å²) in [6.07, 6.45) is 4.99. The van der Waals surface area contributed by atoms with Gasteiger partial charge in [-0.05, 0) is 18.2 Å². The van der Waals surface area contributed by atoms with Crippen LogP contribution in [0.4, 0.5) is 0 Å². The van der Waals surface area contributed by atoms with E-state index >= 15 is 0 Å². The van der Waals surface area contributed by atoms with Gasteiger partial charge in [0.05, 0.1) is 11.9 Å². The van der Waals surface area contributed by atoms with Gasteiger partial charge in [0.15, 0.2) is 0 Å². The normalized spacial score (nSPS) is 10.8. The summed E-state index contributed by atoms with van der Waals surface area (Å²) in [5.41, 5.74) is 3.68. The standard InChI is InChI=1S/C10H11N5O/c1-15-6-2-3-8(15)7-12-14-10(16)9-4-5-11-13-9/h2-7H,1H3,(H,11,13)(H,14,16)/b12-7-. The molecule has 0 aromatic carbocycles. The molecule has 2 aromatic rings. The lowest BCUT2D eigenvalue weighted by molar-refractivity contribution is 0.0950. The fourth-order valence-electron chi connectivity index (χ4n) is 1.21. The molecule has 0 radical (unpaired) electrons. The van der Waals surface area contributed by atoms with E-state index in [1.54, 1.807) is 12.3 Å². The number of aromatic amines is 1. The fraction of sp³-hybridized carbons (Fsp3) is 0.100.